The standard InChI is InChI=1S/C23H23N3O3S2/c1-5-19-18(14-24)21(22(26(19)2)23(27)25-31(4,28)29)16-12-10-15(11-13-16)17-8-6-7-9-20(17)30-3/h6-13H,5H2,1-4H3,(H,25,27). The molecule has 1 aromatic heterocycles. The summed E-state index contributed by atoms with van der Waals surface area (Å²) in [6.45, 7) is 1.89. The number of nitrogens with zero attached hydrogens (tertiary/aromatic N) is 2. The van der Waals surface area contributed by atoms with Crippen LogP contribution < -0.4 is 4.72 Å². The first-order valence-corrected chi connectivity index (χ1v) is 12.7. The second-order valence-corrected chi connectivity index (χ2v) is 9.65. The Kier molecular flexibility index (Phi) is 6.58. The van der Waals surface area contributed by atoms with Crippen molar-refractivity contribution < 1.29 is 13.2 Å². The zero-order valence-corrected chi connectivity index (χ0v) is 19.4. The summed E-state index contributed by atoms with van der Waals surface area (Å²) in [6.07, 6.45) is 3.48. The number of amides is 1. The largest absolute Gasteiger partial charge is 0.342 e. The van der Waals surface area contributed by atoms with Crippen LogP contribution in [-0.4, -0.2) is 31.4 Å². The topological polar surface area (TPSA) is 92.0 Å². The highest BCUT2D eigenvalue weighted by Gasteiger charge is 2.27. The number of thioether (sulfide) groups is 1. The smallest absolute Gasteiger partial charge is 0.282 e. The summed E-state index contributed by atoms with van der Waals surface area (Å²) in [5.74, 6) is -0.756. The lowest BCUT2D eigenvalue weighted by Gasteiger charge is -2.10. The van der Waals surface area contributed by atoms with Crippen LogP contribution >= 0.6 is 11.8 Å². The van der Waals surface area contributed by atoms with E-state index in [1.165, 1.54) is 0 Å². The lowest BCUT2D eigenvalue weighted by Crippen LogP contribution is -2.31. The van der Waals surface area contributed by atoms with Crippen molar-refractivity contribution in [2.75, 3.05) is 12.5 Å². The molecule has 0 atom stereocenters. The molecule has 3 aromatic rings. The fourth-order valence-electron chi connectivity index (χ4n) is 3.73. The van der Waals surface area contributed by atoms with Gasteiger partial charge in [0.1, 0.15) is 11.8 Å². The molecule has 0 spiro atoms. The molecule has 0 bridgehead atoms. The lowest BCUT2D eigenvalue weighted by molar-refractivity contribution is 0.0974. The van der Waals surface area contributed by atoms with Crippen molar-refractivity contribution in [3.05, 3.63) is 65.5 Å². The third-order valence-electron chi connectivity index (χ3n) is 5.05. The minimum Gasteiger partial charge on any atom is -0.342 e. The molecule has 3 rings (SSSR count). The van der Waals surface area contributed by atoms with E-state index in [0.717, 1.165) is 22.3 Å². The highest BCUT2D eigenvalue weighted by atomic mass is 32.2. The van der Waals surface area contributed by atoms with Crippen molar-refractivity contribution in [2.24, 2.45) is 7.05 Å². The quantitative estimate of drug-likeness (QED) is 0.565. The molecule has 0 unspecified atom stereocenters. The molecule has 1 N–H and O–H groups in total. The van der Waals surface area contributed by atoms with Crippen LogP contribution in [0.5, 0.6) is 0 Å². The molecule has 0 fully saturated rings. The number of benzene rings is 2. The number of hydrogen-bond acceptors (Lipinski definition) is 5. The molecule has 1 heterocycles. The first-order valence-electron chi connectivity index (χ1n) is 9.59. The Labute approximate surface area is 187 Å². The molecule has 2 aromatic carbocycles. The van der Waals surface area contributed by atoms with E-state index in [4.69, 9.17) is 0 Å². The average Bonchev–Trinajstić information content (AvgIpc) is 3.04. The van der Waals surface area contributed by atoms with E-state index in [1.54, 1.807) is 23.4 Å². The van der Waals surface area contributed by atoms with Crippen molar-refractivity contribution in [2.45, 2.75) is 18.2 Å². The second-order valence-electron chi connectivity index (χ2n) is 7.05. The van der Waals surface area contributed by atoms with Crippen LogP contribution in [0.4, 0.5) is 0 Å². The third-order valence-corrected chi connectivity index (χ3v) is 6.40. The monoisotopic (exact) mass is 453 g/mol. The van der Waals surface area contributed by atoms with E-state index in [1.807, 2.05) is 60.4 Å². The van der Waals surface area contributed by atoms with Gasteiger partial charge in [0.25, 0.3) is 5.91 Å². The zero-order chi connectivity index (χ0) is 22.8. The van der Waals surface area contributed by atoms with Crippen molar-refractivity contribution >= 4 is 27.7 Å². The Morgan fingerprint density at radius 3 is 2.29 bits per heavy atom. The molecule has 1 amide bonds. The summed E-state index contributed by atoms with van der Waals surface area (Å²) < 4.78 is 26.9. The van der Waals surface area contributed by atoms with E-state index < -0.39 is 15.9 Å². The maximum absolute atomic E-state index is 12.8. The Balaban J connectivity index is 2.18. The molecule has 0 aliphatic rings. The minimum atomic E-state index is -3.75. The van der Waals surface area contributed by atoms with Crippen molar-refractivity contribution in [1.29, 1.82) is 5.26 Å². The Bertz CT molecular complexity index is 1280. The van der Waals surface area contributed by atoms with Gasteiger partial charge in [-0.25, -0.2) is 13.1 Å². The number of nitrogens with one attached hydrogen (secondary N) is 1. The van der Waals surface area contributed by atoms with Gasteiger partial charge in [0.15, 0.2) is 0 Å². The normalized spacial score (nSPS) is 11.2. The summed E-state index contributed by atoms with van der Waals surface area (Å²) in [5.41, 5.74) is 4.42. The molecule has 0 radical (unpaired) electrons. The van der Waals surface area contributed by atoms with Gasteiger partial charge in [-0.3, -0.25) is 4.79 Å². The van der Waals surface area contributed by atoms with E-state index in [0.29, 0.717) is 28.8 Å². The fourth-order valence-corrected chi connectivity index (χ4v) is 4.78. The summed E-state index contributed by atoms with van der Waals surface area (Å²) >= 11 is 1.66. The first kappa shape index (κ1) is 22.7. The van der Waals surface area contributed by atoms with Crippen LogP contribution in [0.15, 0.2) is 53.4 Å². The van der Waals surface area contributed by atoms with Crippen LogP contribution in [0.3, 0.4) is 0 Å². The number of sulfonamides is 1. The first-order chi connectivity index (χ1) is 14.7. The van der Waals surface area contributed by atoms with Gasteiger partial charge < -0.3 is 4.57 Å². The number of aromatic nitrogens is 1. The number of hydrogen-bond donors (Lipinski definition) is 1. The Morgan fingerprint density at radius 1 is 1.13 bits per heavy atom. The zero-order valence-electron chi connectivity index (χ0n) is 17.8. The highest BCUT2D eigenvalue weighted by molar-refractivity contribution is 7.98. The van der Waals surface area contributed by atoms with Gasteiger partial charge in [-0.15, -0.1) is 11.8 Å². The lowest BCUT2D eigenvalue weighted by atomic mass is 9.97. The van der Waals surface area contributed by atoms with Crippen molar-refractivity contribution in [1.82, 2.24) is 9.29 Å². The molecular weight excluding hydrogens is 430 g/mol. The van der Waals surface area contributed by atoms with Gasteiger partial charge in [0.2, 0.25) is 10.0 Å². The number of carbonyl (C=O) groups is 1. The highest BCUT2D eigenvalue weighted by Crippen LogP contribution is 2.35. The van der Waals surface area contributed by atoms with Gasteiger partial charge in [0, 0.05) is 23.2 Å². The Hall–Kier alpha value is -3.02. The van der Waals surface area contributed by atoms with Gasteiger partial charge in [-0.2, -0.15) is 5.26 Å². The molecule has 0 aliphatic heterocycles. The SMILES string of the molecule is CCc1c(C#N)c(-c2ccc(-c3ccccc3SC)cc2)c(C(=O)NS(C)(=O)=O)n1C. The molecule has 0 saturated carbocycles. The molecule has 0 saturated heterocycles. The summed E-state index contributed by atoms with van der Waals surface area (Å²) in [6, 6.07) is 17.9. The maximum atomic E-state index is 12.8. The predicted molar refractivity (Wildman–Crippen MR) is 124 cm³/mol. The molecule has 8 heteroatoms. The number of rotatable bonds is 6. The van der Waals surface area contributed by atoms with E-state index in [-0.39, 0.29) is 5.69 Å². The molecule has 31 heavy (non-hydrogen) atoms. The van der Waals surface area contributed by atoms with Crippen molar-refractivity contribution in [3.8, 4) is 28.3 Å². The van der Waals surface area contributed by atoms with Gasteiger partial charge in [-0.05, 0) is 35.4 Å². The Morgan fingerprint density at radius 2 is 1.74 bits per heavy atom. The second kappa shape index (κ2) is 9.00. The third kappa shape index (κ3) is 4.53. The molecule has 6 nitrogen and oxygen atoms in total. The number of nitriles is 1. The van der Waals surface area contributed by atoms with Crippen LogP contribution in [-0.2, 0) is 23.5 Å². The van der Waals surface area contributed by atoms with Gasteiger partial charge in [0.05, 0.1) is 11.8 Å². The fraction of sp³-hybridized carbons (Fsp3) is 0.217. The predicted octanol–water partition coefficient (Wildman–Crippen LogP) is 4.20. The van der Waals surface area contributed by atoms with Crippen molar-refractivity contribution in [3.63, 3.8) is 0 Å². The minimum absolute atomic E-state index is 0.149. The summed E-state index contributed by atoms with van der Waals surface area (Å²) in [4.78, 5) is 14.0. The van der Waals surface area contributed by atoms with E-state index >= 15 is 0 Å². The van der Waals surface area contributed by atoms with Gasteiger partial charge >= 0.3 is 0 Å². The summed E-state index contributed by atoms with van der Waals surface area (Å²) in [7, 11) is -2.08. The summed E-state index contributed by atoms with van der Waals surface area (Å²) in [5, 5.41) is 9.83. The van der Waals surface area contributed by atoms with Crippen LogP contribution in [0.2, 0.25) is 0 Å². The molecular formula is C23H23N3O3S2. The van der Waals surface area contributed by atoms with E-state index in [2.05, 4.69) is 12.1 Å². The van der Waals surface area contributed by atoms with E-state index in [9.17, 15) is 18.5 Å². The molecule has 160 valence electrons. The van der Waals surface area contributed by atoms with Gasteiger partial charge in [-0.1, -0.05) is 49.4 Å². The maximum Gasteiger partial charge on any atom is 0.282 e. The van der Waals surface area contributed by atoms with Crippen LogP contribution in [0.1, 0.15) is 28.7 Å². The van der Waals surface area contributed by atoms with Crippen LogP contribution in [0, 0.1) is 11.3 Å². The number of carbonyl (C=O) groups excluding carboxylic acids is 1. The molecule has 0 aliphatic carbocycles. The van der Waals surface area contributed by atoms with Crippen LogP contribution in [0.25, 0.3) is 22.3 Å². The average molecular weight is 454 g/mol.